The van der Waals surface area contributed by atoms with Gasteiger partial charge in [0.25, 0.3) is 5.91 Å². The minimum absolute atomic E-state index is 0.189. The molecule has 2 aromatic carbocycles. The predicted molar refractivity (Wildman–Crippen MR) is 103 cm³/mol. The van der Waals surface area contributed by atoms with E-state index < -0.39 is 0 Å². The summed E-state index contributed by atoms with van der Waals surface area (Å²) >= 11 is 0. The van der Waals surface area contributed by atoms with Crippen LogP contribution in [0.4, 0.5) is 11.4 Å². The van der Waals surface area contributed by atoms with E-state index in [1.54, 1.807) is 19.4 Å². The van der Waals surface area contributed by atoms with Crippen molar-refractivity contribution in [3.63, 3.8) is 0 Å². The fourth-order valence-corrected chi connectivity index (χ4v) is 2.60. The lowest BCUT2D eigenvalue weighted by Crippen LogP contribution is -2.26. The van der Waals surface area contributed by atoms with Crippen LogP contribution in [0.1, 0.15) is 16.1 Å². The van der Waals surface area contributed by atoms with Crippen molar-refractivity contribution in [3.8, 4) is 5.75 Å². The quantitative estimate of drug-likeness (QED) is 0.682. The third-order valence-corrected chi connectivity index (χ3v) is 3.93. The normalized spacial score (nSPS) is 10.2. The minimum atomic E-state index is -0.189. The third kappa shape index (κ3) is 4.60. The average molecular weight is 347 g/mol. The molecule has 0 radical (unpaired) electrons. The molecule has 0 unspecified atom stereocenters. The number of ether oxygens (including phenoxy) is 1. The molecule has 0 saturated heterocycles. The molecule has 0 aliphatic heterocycles. The molecule has 5 nitrogen and oxygen atoms in total. The molecule has 0 fully saturated rings. The maximum atomic E-state index is 12.2. The number of para-hydroxylation sites is 2. The van der Waals surface area contributed by atoms with Gasteiger partial charge in [0.05, 0.1) is 19.0 Å². The second-order valence-corrected chi connectivity index (χ2v) is 5.74. The maximum absolute atomic E-state index is 12.2. The molecule has 5 heteroatoms. The first-order valence-electron chi connectivity index (χ1n) is 8.44. The summed E-state index contributed by atoms with van der Waals surface area (Å²) in [5.41, 5.74) is 3.26. The van der Waals surface area contributed by atoms with Crippen LogP contribution in [0.3, 0.4) is 0 Å². The summed E-state index contributed by atoms with van der Waals surface area (Å²) in [6.45, 7) is 0.519. The molecule has 132 valence electrons. The number of nitrogens with one attached hydrogen (secondary N) is 2. The zero-order valence-electron chi connectivity index (χ0n) is 14.6. The molecule has 0 atom stereocenters. The van der Waals surface area contributed by atoms with Crippen LogP contribution in [-0.4, -0.2) is 24.5 Å². The van der Waals surface area contributed by atoms with Crippen molar-refractivity contribution < 1.29 is 9.53 Å². The number of benzene rings is 2. The van der Waals surface area contributed by atoms with Crippen LogP contribution in [0.5, 0.6) is 5.75 Å². The number of aromatic nitrogens is 1. The van der Waals surface area contributed by atoms with Gasteiger partial charge in [0.2, 0.25) is 0 Å². The molecule has 26 heavy (non-hydrogen) atoms. The molecule has 1 aromatic heterocycles. The van der Waals surface area contributed by atoms with Crippen molar-refractivity contribution in [2.45, 2.75) is 6.42 Å². The zero-order chi connectivity index (χ0) is 18.2. The van der Waals surface area contributed by atoms with Crippen LogP contribution in [0, 0.1) is 0 Å². The van der Waals surface area contributed by atoms with Crippen molar-refractivity contribution in [3.05, 3.63) is 84.2 Å². The van der Waals surface area contributed by atoms with Crippen LogP contribution >= 0.6 is 0 Å². The Morgan fingerprint density at radius 2 is 1.73 bits per heavy atom. The second kappa shape index (κ2) is 8.67. The lowest BCUT2D eigenvalue weighted by Gasteiger charge is -2.09. The van der Waals surface area contributed by atoms with Crippen molar-refractivity contribution in [2.24, 2.45) is 0 Å². The summed E-state index contributed by atoms with van der Waals surface area (Å²) in [5.74, 6) is 0.641. The molecular formula is C21H21N3O2. The van der Waals surface area contributed by atoms with Gasteiger partial charge in [-0.3, -0.25) is 4.79 Å². The highest BCUT2D eigenvalue weighted by Crippen LogP contribution is 2.17. The standard InChI is InChI=1S/C21H21N3O2/c1-26-20-10-6-5-7-16(20)13-14-22-21(25)19-12-11-18(15-23-19)24-17-8-3-2-4-9-17/h2-12,15,24H,13-14H2,1H3,(H,22,25). The van der Waals surface area contributed by atoms with Gasteiger partial charge in [-0.2, -0.15) is 0 Å². The first-order valence-corrected chi connectivity index (χ1v) is 8.44. The molecule has 0 aliphatic carbocycles. The molecule has 1 amide bonds. The number of nitrogens with zero attached hydrogens (tertiary/aromatic N) is 1. The molecule has 2 N–H and O–H groups in total. The molecule has 0 saturated carbocycles. The van der Waals surface area contributed by atoms with E-state index >= 15 is 0 Å². The number of methoxy groups -OCH3 is 1. The third-order valence-electron chi connectivity index (χ3n) is 3.93. The number of amides is 1. The van der Waals surface area contributed by atoms with Crippen molar-refractivity contribution in [1.29, 1.82) is 0 Å². The van der Waals surface area contributed by atoms with Crippen LogP contribution in [0.2, 0.25) is 0 Å². The van der Waals surface area contributed by atoms with Crippen LogP contribution in [0.15, 0.2) is 72.9 Å². The Kier molecular flexibility index (Phi) is 5.83. The van der Waals surface area contributed by atoms with Crippen LogP contribution in [-0.2, 0) is 6.42 Å². The maximum Gasteiger partial charge on any atom is 0.269 e. The number of carbonyl (C=O) groups excluding carboxylic acids is 1. The van der Waals surface area contributed by atoms with Gasteiger partial charge in [-0.25, -0.2) is 4.98 Å². The monoisotopic (exact) mass is 347 g/mol. The van der Waals surface area contributed by atoms with Gasteiger partial charge >= 0.3 is 0 Å². The van der Waals surface area contributed by atoms with E-state index in [2.05, 4.69) is 15.6 Å². The van der Waals surface area contributed by atoms with Crippen LogP contribution < -0.4 is 15.4 Å². The number of anilines is 2. The summed E-state index contributed by atoms with van der Waals surface area (Å²) < 4.78 is 5.32. The smallest absolute Gasteiger partial charge is 0.269 e. The van der Waals surface area contributed by atoms with E-state index in [0.717, 1.165) is 22.7 Å². The van der Waals surface area contributed by atoms with Gasteiger partial charge in [-0.15, -0.1) is 0 Å². The van der Waals surface area contributed by atoms with Gasteiger partial charge in [0.15, 0.2) is 0 Å². The molecule has 0 aliphatic rings. The lowest BCUT2D eigenvalue weighted by molar-refractivity contribution is 0.0949. The van der Waals surface area contributed by atoms with E-state index in [9.17, 15) is 4.79 Å². The largest absolute Gasteiger partial charge is 0.496 e. The second-order valence-electron chi connectivity index (χ2n) is 5.74. The minimum Gasteiger partial charge on any atom is -0.496 e. The number of hydrogen-bond donors (Lipinski definition) is 2. The SMILES string of the molecule is COc1ccccc1CCNC(=O)c1ccc(Nc2ccccc2)cn1. The van der Waals surface area contributed by atoms with Crippen molar-refractivity contribution in [1.82, 2.24) is 10.3 Å². The predicted octanol–water partition coefficient (Wildman–Crippen LogP) is 3.81. The molecule has 3 rings (SSSR count). The van der Waals surface area contributed by atoms with Crippen molar-refractivity contribution >= 4 is 17.3 Å². The summed E-state index contributed by atoms with van der Waals surface area (Å²) in [6, 6.07) is 21.2. The fourth-order valence-electron chi connectivity index (χ4n) is 2.60. The molecule has 0 spiro atoms. The zero-order valence-corrected chi connectivity index (χ0v) is 14.6. The van der Waals surface area contributed by atoms with E-state index in [-0.39, 0.29) is 5.91 Å². The number of rotatable bonds is 7. The Hall–Kier alpha value is -3.34. The number of carbonyl (C=O) groups is 1. The fraction of sp³-hybridized carbons (Fsp3) is 0.143. The molecular weight excluding hydrogens is 326 g/mol. The van der Waals surface area contributed by atoms with Crippen molar-refractivity contribution in [2.75, 3.05) is 19.0 Å². The Balaban J connectivity index is 1.53. The Bertz CT molecular complexity index is 849. The molecule has 3 aromatic rings. The first-order chi connectivity index (χ1) is 12.8. The Labute approximate surface area is 153 Å². The van der Waals surface area contributed by atoms with Gasteiger partial charge in [0.1, 0.15) is 11.4 Å². The molecule has 0 bridgehead atoms. The summed E-state index contributed by atoms with van der Waals surface area (Å²) in [4.78, 5) is 16.5. The lowest BCUT2D eigenvalue weighted by atomic mass is 10.1. The highest BCUT2D eigenvalue weighted by molar-refractivity contribution is 5.92. The van der Waals surface area contributed by atoms with Gasteiger partial charge in [-0.05, 0) is 42.3 Å². The summed E-state index contributed by atoms with van der Waals surface area (Å²) in [7, 11) is 1.65. The van der Waals surface area contributed by atoms with E-state index in [1.807, 2.05) is 60.7 Å². The van der Waals surface area contributed by atoms with E-state index in [0.29, 0.717) is 18.7 Å². The average Bonchev–Trinajstić information content (AvgIpc) is 2.69. The van der Waals surface area contributed by atoms with Crippen LogP contribution in [0.25, 0.3) is 0 Å². The van der Waals surface area contributed by atoms with E-state index in [1.165, 1.54) is 0 Å². The van der Waals surface area contributed by atoms with Gasteiger partial charge < -0.3 is 15.4 Å². The topological polar surface area (TPSA) is 63.2 Å². The Morgan fingerprint density at radius 1 is 0.962 bits per heavy atom. The highest BCUT2D eigenvalue weighted by atomic mass is 16.5. The summed E-state index contributed by atoms with van der Waals surface area (Å²) in [5, 5.41) is 6.13. The van der Waals surface area contributed by atoms with E-state index in [4.69, 9.17) is 4.74 Å². The summed E-state index contributed by atoms with van der Waals surface area (Å²) in [6.07, 6.45) is 2.35. The number of pyridine rings is 1. The first kappa shape index (κ1) is 17.5. The Morgan fingerprint density at radius 3 is 2.46 bits per heavy atom. The number of hydrogen-bond acceptors (Lipinski definition) is 4. The molecule has 1 heterocycles. The van der Waals surface area contributed by atoms with Gasteiger partial charge in [-0.1, -0.05) is 36.4 Å². The highest BCUT2D eigenvalue weighted by Gasteiger charge is 2.08. The van der Waals surface area contributed by atoms with Gasteiger partial charge in [0, 0.05) is 12.2 Å².